The predicted octanol–water partition coefficient (Wildman–Crippen LogP) is 6.63. The lowest BCUT2D eigenvalue weighted by atomic mass is 10.3. The van der Waals surface area contributed by atoms with Crippen molar-refractivity contribution < 1.29 is 14.3 Å². The Kier molecular flexibility index (Phi) is 9.21. The summed E-state index contributed by atoms with van der Waals surface area (Å²) >= 11 is 5.74. The van der Waals surface area contributed by atoms with Crippen molar-refractivity contribution in [2.24, 2.45) is 0 Å². The fourth-order valence-corrected chi connectivity index (χ4v) is 2.45. The van der Waals surface area contributed by atoms with Crippen molar-refractivity contribution >= 4 is 40.8 Å². The molecule has 0 saturated carbocycles. The topological polar surface area (TPSA) is 79.5 Å². The lowest BCUT2D eigenvalue weighted by Gasteiger charge is -2.09. The molecule has 0 saturated heterocycles. The van der Waals surface area contributed by atoms with Gasteiger partial charge in [0.15, 0.2) is 0 Å². The van der Waals surface area contributed by atoms with Crippen molar-refractivity contribution in [3.05, 3.63) is 90.0 Å². The molecule has 0 bridgehead atoms. The number of benzene rings is 3. The van der Waals surface area contributed by atoms with E-state index in [2.05, 4.69) is 16.0 Å². The molecular weight excluding hydrogens is 402 g/mol. The van der Waals surface area contributed by atoms with Crippen LogP contribution >= 0.6 is 11.6 Å². The predicted molar refractivity (Wildman–Crippen MR) is 122 cm³/mol. The number of carbonyl (C=O) groups excluding carboxylic acids is 2. The first-order chi connectivity index (χ1) is 14.4. The van der Waals surface area contributed by atoms with Crippen molar-refractivity contribution in [3.8, 4) is 0 Å². The molecule has 3 amide bonds. The van der Waals surface area contributed by atoms with Crippen LogP contribution in [-0.2, 0) is 4.74 Å². The Bertz CT molecular complexity index is 891. The highest BCUT2D eigenvalue weighted by molar-refractivity contribution is 6.30. The minimum Gasteiger partial charge on any atom is -0.447 e. The van der Waals surface area contributed by atoms with Gasteiger partial charge in [-0.05, 0) is 56.3 Å². The number of amides is 3. The van der Waals surface area contributed by atoms with Crippen LogP contribution in [0.2, 0.25) is 5.02 Å². The Morgan fingerprint density at radius 1 is 0.733 bits per heavy atom. The number of para-hydroxylation sites is 2. The van der Waals surface area contributed by atoms with Crippen molar-refractivity contribution in [2.45, 2.75) is 20.0 Å². The van der Waals surface area contributed by atoms with Crippen LogP contribution in [-0.4, -0.2) is 18.2 Å². The monoisotopic (exact) mass is 425 g/mol. The average molecular weight is 426 g/mol. The third-order valence-corrected chi connectivity index (χ3v) is 3.71. The molecule has 3 aromatic rings. The van der Waals surface area contributed by atoms with E-state index in [0.717, 1.165) is 11.4 Å². The standard InChI is InChI=1S/C13H12N2O.C10H12ClNO2/c16-13(14-11-7-3-1-4-8-11)15-12-9-5-2-6-10-12;1-7(2)14-10(13)12-9-5-3-4-8(11)6-9/h1-10H,(H2,14,15,16);3-7H,1-2H3,(H,12,13). The van der Waals surface area contributed by atoms with E-state index in [9.17, 15) is 9.59 Å². The summed E-state index contributed by atoms with van der Waals surface area (Å²) in [7, 11) is 0. The average Bonchev–Trinajstić information content (AvgIpc) is 2.69. The molecule has 0 fully saturated rings. The van der Waals surface area contributed by atoms with Gasteiger partial charge in [-0.2, -0.15) is 0 Å². The minimum absolute atomic E-state index is 0.130. The normalized spacial score (nSPS) is 9.73. The fourth-order valence-electron chi connectivity index (χ4n) is 2.26. The van der Waals surface area contributed by atoms with E-state index >= 15 is 0 Å². The number of hydrogen-bond donors (Lipinski definition) is 3. The van der Waals surface area contributed by atoms with Crippen molar-refractivity contribution in [1.82, 2.24) is 0 Å². The summed E-state index contributed by atoms with van der Waals surface area (Å²) < 4.78 is 4.90. The van der Waals surface area contributed by atoms with Crippen LogP contribution in [0, 0.1) is 0 Å². The lowest BCUT2D eigenvalue weighted by molar-refractivity contribution is 0.130. The number of halogens is 1. The van der Waals surface area contributed by atoms with Crippen LogP contribution in [0.15, 0.2) is 84.9 Å². The minimum atomic E-state index is -0.470. The smallest absolute Gasteiger partial charge is 0.411 e. The molecule has 0 aliphatic carbocycles. The van der Waals surface area contributed by atoms with Crippen LogP contribution in [0.25, 0.3) is 0 Å². The van der Waals surface area contributed by atoms with E-state index in [0.29, 0.717) is 10.7 Å². The number of urea groups is 1. The second kappa shape index (κ2) is 12.1. The van der Waals surface area contributed by atoms with E-state index in [1.807, 2.05) is 60.7 Å². The third-order valence-electron chi connectivity index (χ3n) is 3.48. The first kappa shape index (κ1) is 22.8. The van der Waals surface area contributed by atoms with E-state index in [4.69, 9.17) is 16.3 Å². The zero-order valence-corrected chi connectivity index (χ0v) is 17.5. The van der Waals surface area contributed by atoms with Crippen LogP contribution in [0.3, 0.4) is 0 Å². The van der Waals surface area contributed by atoms with Crippen molar-refractivity contribution in [2.75, 3.05) is 16.0 Å². The van der Waals surface area contributed by atoms with Gasteiger partial charge >= 0.3 is 12.1 Å². The molecule has 3 rings (SSSR count). The Hall–Kier alpha value is -3.51. The zero-order valence-electron chi connectivity index (χ0n) is 16.8. The van der Waals surface area contributed by atoms with Gasteiger partial charge in [0.2, 0.25) is 0 Å². The summed E-state index contributed by atoms with van der Waals surface area (Å²) in [6.07, 6.45) is -0.601. The molecule has 6 nitrogen and oxygen atoms in total. The number of rotatable bonds is 4. The largest absolute Gasteiger partial charge is 0.447 e. The van der Waals surface area contributed by atoms with Crippen LogP contribution in [0.1, 0.15) is 13.8 Å². The zero-order chi connectivity index (χ0) is 21.8. The molecule has 3 N–H and O–H groups in total. The number of hydrogen-bond acceptors (Lipinski definition) is 3. The first-order valence-corrected chi connectivity index (χ1v) is 9.71. The van der Waals surface area contributed by atoms with Crippen LogP contribution in [0.5, 0.6) is 0 Å². The molecule has 0 aliphatic rings. The van der Waals surface area contributed by atoms with Crippen LogP contribution in [0.4, 0.5) is 26.7 Å². The van der Waals surface area contributed by atoms with Gasteiger partial charge in [0.05, 0.1) is 6.10 Å². The van der Waals surface area contributed by atoms with Crippen molar-refractivity contribution in [3.63, 3.8) is 0 Å². The number of nitrogens with one attached hydrogen (secondary N) is 3. The molecule has 0 aliphatic heterocycles. The molecule has 0 radical (unpaired) electrons. The molecular formula is C23H24ClN3O3. The van der Waals surface area contributed by atoms with Gasteiger partial charge in [0, 0.05) is 22.1 Å². The van der Waals surface area contributed by atoms with Gasteiger partial charge in [-0.3, -0.25) is 5.32 Å². The highest BCUT2D eigenvalue weighted by Crippen LogP contribution is 2.15. The molecule has 0 heterocycles. The maximum absolute atomic E-state index is 11.6. The summed E-state index contributed by atoms with van der Waals surface area (Å²) in [6, 6.07) is 25.3. The van der Waals surface area contributed by atoms with Gasteiger partial charge in [-0.1, -0.05) is 54.1 Å². The van der Waals surface area contributed by atoms with Gasteiger partial charge < -0.3 is 15.4 Å². The first-order valence-electron chi connectivity index (χ1n) is 9.33. The van der Waals surface area contributed by atoms with Crippen LogP contribution < -0.4 is 16.0 Å². The lowest BCUT2D eigenvalue weighted by Crippen LogP contribution is -2.19. The van der Waals surface area contributed by atoms with Gasteiger partial charge in [0.25, 0.3) is 0 Å². The third kappa shape index (κ3) is 9.12. The second-order valence-corrected chi connectivity index (χ2v) is 6.84. The Labute approximate surface area is 181 Å². The van der Waals surface area contributed by atoms with Gasteiger partial charge in [-0.25, -0.2) is 9.59 Å². The quantitative estimate of drug-likeness (QED) is 0.439. The summed E-state index contributed by atoms with van der Waals surface area (Å²) in [5.74, 6) is 0. The molecule has 0 spiro atoms. The highest BCUT2D eigenvalue weighted by atomic mass is 35.5. The van der Waals surface area contributed by atoms with Gasteiger partial charge in [-0.15, -0.1) is 0 Å². The highest BCUT2D eigenvalue weighted by Gasteiger charge is 2.05. The Morgan fingerprint density at radius 2 is 1.23 bits per heavy atom. The molecule has 156 valence electrons. The maximum Gasteiger partial charge on any atom is 0.411 e. The number of anilines is 3. The molecule has 0 aromatic heterocycles. The van der Waals surface area contributed by atoms with E-state index in [-0.39, 0.29) is 12.1 Å². The molecule has 30 heavy (non-hydrogen) atoms. The fraction of sp³-hybridized carbons (Fsp3) is 0.130. The SMILES string of the molecule is CC(C)OC(=O)Nc1cccc(Cl)c1.O=C(Nc1ccccc1)Nc1ccccc1. The molecule has 0 atom stereocenters. The summed E-state index contributed by atoms with van der Waals surface area (Å²) in [4.78, 5) is 22.7. The maximum atomic E-state index is 11.6. The van der Waals surface area contributed by atoms with E-state index < -0.39 is 6.09 Å². The molecule has 7 heteroatoms. The summed E-state index contributed by atoms with van der Waals surface area (Å²) in [6.45, 7) is 3.58. The molecule has 3 aromatic carbocycles. The summed E-state index contributed by atoms with van der Waals surface area (Å²) in [5, 5.41) is 8.63. The second-order valence-electron chi connectivity index (χ2n) is 6.40. The van der Waals surface area contributed by atoms with E-state index in [1.165, 1.54) is 0 Å². The molecule has 0 unspecified atom stereocenters. The van der Waals surface area contributed by atoms with Gasteiger partial charge in [0.1, 0.15) is 0 Å². The van der Waals surface area contributed by atoms with Crippen molar-refractivity contribution in [1.29, 1.82) is 0 Å². The summed E-state index contributed by atoms with van der Waals surface area (Å²) in [5.41, 5.74) is 2.18. The number of carbonyl (C=O) groups is 2. The number of ether oxygens (including phenoxy) is 1. The Balaban J connectivity index is 0.000000216. The Morgan fingerprint density at radius 3 is 1.70 bits per heavy atom. The van der Waals surface area contributed by atoms with E-state index in [1.54, 1.807) is 38.1 Å².